The second kappa shape index (κ2) is 7.04. The Balaban J connectivity index is 1.97. The number of carbonyl (C=O) groups excluding carboxylic acids is 2. The smallest absolute Gasteiger partial charge is 0.255 e. The summed E-state index contributed by atoms with van der Waals surface area (Å²) in [5.74, 6) is -1.11. The van der Waals surface area contributed by atoms with Crippen LogP contribution in [0.25, 0.3) is 0 Å². The fraction of sp³-hybridized carbons (Fsp3) is 0.125. The summed E-state index contributed by atoms with van der Waals surface area (Å²) in [6, 6.07) is 12.0. The molecule has 114 valence electrons. The van der Waals surface area contributed by atoms with Gasteiger partial charge in [0.15, 0.2) is 0 Å². The molecule has 6 heteroatoms. The highest BCUT2D eigenvalue weighted by Gasteiger charge is 2.17. The average molecular weight is 321 g/mol. The van der Waals surface area contributed by atoms with E-state index in [0.29, 0.717) is 16.3 Å². The Hall–Kier alpha value is -2.40. The van der Waals surface area contributed by atoms with Gasteiger partial charge in [-0.3, -0.25) is 9.59 Å². The van der Waals surface area contributed by atoms with Crippen LogP contribution in [-0.4, -0.2) is 30.3 Å². The topological polar surface area (TPSA) is 49.4 Å². The van der Waals surface area contributed by atoms with Crippen molar-refractivity contribution in [1.82, 2.24) is 4.90 Å². The molecule has 2 amide bonds. The fourth-order valence-electron chi connectivity index (χ4n) is 1.86. The third-order valence-corrected chi connectivity index (χ3v) is 3.29. The highest BCUT2D eigenvalue weighted by atomic mass is 35.5. The van der Waals surface area contributed by atoms with E-state index in [-0.39, 0.29) is 24.2 Å². The highest BCUT2D eigenvalue weighted by Crippen LogP contribution is 2.16. The maximum absolute atomic E-state index is 12.8. The summed E-state index contributed by atoms with van der Waals surface area (Å²) < 4.78 is 12.8. The average Bonchev–Trinajstić information content (AvgIpc) is 2.49. The minimum atomic E-state index is -0.385. The zero-order chi connectivity index (χ0) is 16.1. The molecule has 2 aromatic rings. The Kier molecular flexibility index (Phi) is 5.12. The van der Waals surface area contributed by atoms with Crippen LogP contribution in [0.15, 0.2) is 48.5 Å². The largest absolute Gasteiger partial charge is 0.332 e. The molecule has 1 N–H and O–H groups in total. The van der Waals surface area contributed by atoms with E-state index >= 15 is 0 Å². The van der Waals surface area contributed by atoms with Crippen molar-refractivity contribution in [3.63, 3.8) is 0 Å². The lowest BCUT2D eigenvalue weighted by atomic mass is 10.2. The van der Waals surface area contributed by atoms with Gasteiger partial charge in [-0.15, -0.1) is 0 Å². The monoisotopic (exact) mass is 320 g/mol. The molecule has 0 heterocycles. The van der Waals surface area contributed by atoms with Crippen molar-refractivity contribution in [2.45, 2.75) is 0 Å². The summed E-state index contributed by atoms with van der Waals surface area (Å²) in [7, 11) is 1.51. The lowest BCUT2D eigenvalue weighted by Crippen LogP contribution is -2.35. The summed E-state index contributed by atoms with van der Waals surface area (Å²) in [6.45, 7) is -0.137. The Morgan fingerprint density at radius 3 is 2.41 bits per heavy atom. The van der Waals surface area contributed by atoms with Gasteiger partial charge < -0.3 is 10.2 Å². The molecule has 0 aliphatic carbocycles. The number of amides is 2. The second-order valence-corrected chi connectivity index (χ2v) is 5.10. The SMILES string of the molecule is CN(CC(=O)Nc1ccc(F)cc1)C(=O)c1ccccc1Cl. The molecule has 2 aromatic carbocycles. The van der Waals surface area contributed by atoms with Crippen molar-refractivity contribution in [3.05, 3.63) is 64.9 Å². The van der Waals surface area contributed by atoms with E-state index in [9.17, 15) is 14.0 Å². The van der Waals surface area contributed by atoms with Crippen LogP contribution < -0.4 is 5.32 Å². The minimum absolute atomic E-state index is 0.137. The van der Waals surface area contributed by atoms with Crippen LogP contribution >= 0.6 is 11.6 Å². The van der Waals surface area contributed by atoms with Crippen LogP contribution in [0.2, 0.25) is 5.02 Å². The molecule has 0 saturated heterocycles. The quantitative estimate of drug-likeness (QED) is 0.940. The molecule has 2 rings (SSSR count). The molecule has 0 spiro atoms. The number of nitrogens with one attached hydrogen (secondary N) is 1. The first-order chi connectivity index (χ1) is 10.5. The van der Waals surface area contributed by atoms with Crippen molar-refractivity contribution in [1.29, 1.82) is 0 Å². The molecule has 0 atom stereocenters. The first kappa shape index (κ1) is 16.0. The van der Waals surface area contributed by atoms with Crippen molar-refractivity contribution in [3.8, 4) is 0 Å². The van der Waals surface area contributed by atoms with Gasteiger partial charge in [0.2, 0.25) is 5.91 Å². The van der Waals surface area contributed by atoms with Crippen LogP contribution in [0, 0.1) is 5.82 Å². The number of likely N-dealkylation sites (N-methyl/N-ethyl adjacent to an activating group) is 1. The maximum Gasteiger partial charge on any atom is 0.255 e. The molecule has 22 heavy (non-hydrogen) atoms. The number of halogens is 2. The third-order valence-electron chi connectivity index (χ3n) is 2.96. The van der Waals surface area contributed by atoms with E-state index in [4.69, 9.17) is 11.6 Å². The van der Waals surface area contributed by atoms with E-state index in [0.717, 1.165) is 0 Å². The van der Waals surface area contributed by atoms with Crippen LogP contribution in [0.1, 0.15) is 10.4 Å². The number of carbonyl (C=O) groups is 2. The molecular formula is C16H14ClFN2O2. The second-order valence-electron chi connectivity index (χ2n) is 4.70. The predicted octanol–water partition coefficient (Wildman–Crippen LogP) is 3.19. The summed E-state index contributed by atoms with van der Waals surface area (Å²) in [4.78, 5) is 25.4. The van der Waals surface area contributed by atoms with Crippen molar-refractivity contribution < 1.29 is 14.0 Å². The van der Waals surface area contributed by atoms with E-state index in [2.05, 4.69) is 5.32 Å². The summed E-state index contributed by atoms with van der Waals surface area (Å²) in [5.41, 5.74) is 0.797. The van der Waals surface area contributed by atoms with Crippen molar-refractivity contribution >= 4 is 29.1 Å². The number of hydrogen-bond acceptors (Lipinski definition) is 2. The maximum atomic E-state index is 12.8. The molecule has 0 aliphatic heterocycles. The number of hydrogen-bond donors (Lipinski definition) is 1. The molecule has 0 bridgehead atoms. The third kappa shape index (κ3) is 4.05. The Bertz CT molecular complexity index is 689. The first-order valence-electron chi connectivity index (χ1n) is 6.53. The summed E-state index contributed by atoms with van der Waals surface area (Å²) >= 11 is 5.96. The Labute approximate surface area is 132 Å². The van der Waals surface area contributed by atoms with Gasteiger partial charge in [0.05, 0.1) is 17.1 Å². The van der Waals surface area contributed by atoms with Gasteiger partial charge in [0.1, 0.15) is 5.82 Å². The lowest BCUT2D eigenvalue weighted by Gasteiger charge is -2.17. The van der Waals surface area contributed by atoms with Gasteiger partial charge in [-0.1, -0.05) is 23.7 Å². The van der Waals surface area contributed by atoms with Gasteiger partial charge in [0, 0.05) is 12.7 Å². The normalized spacial score (nSPS) is 10.1. The van der Waals surface area contributed by atoms with Gasteiger partial charge >= 0.3 is 0 Å². The fourth-order valence-corrected chi connectivity index (χ4v) is 2.08. The predicted molar refractivity (Wildman–Crippen MR) is 83.4 cm³/mol. The van der Waals surface area contributed by atoms with Gasteiger partial charge in [0.25, 0.3) is 5.91 Å². The van der Waals surface area contributed by atoms with Crippen LogP contribution in [0.5, 0.6) is 0 Å². The van der Waals surface area contributed by atoms with E-state index < -0.39 is 0 Å². The molecule has 0 aromatic heterocycles. The molecule has 0 radical (unpaired) electrons. The van der Waals surface area contributed by atoms with Crippen LogP contribution in [-0.2, 0) is 4.79 Å². The van der Waals surface area contributed by atoms with E-state index in [1.807, 2.05) is 0 Å². The van der Waals surface area contributed by atoms with Gasteiger partial charge in [-0.25, -0.2) is 4.39 Å². The van der Waals surface area contributed by atoms with Gasteiger partial charge in [-0.05, 0) is 36.4 Å². The lowest BCUT2D eigenvalue weighted by molar-refractivity contribution is -0.116. The van der Waals surface area contributed by atoms with Crippen molar-refractivity contribution in [2.24, 2.45) is 0 Å². The number of benzene rings is 2. The van der Waals surface area contributed by atoms with E-state index in [1.54, 1.807) is 24.3 Å². The zero-order valence-electron chi connectivity index (χ0n) is 11.8. The first-order valence-corrected chi connectivity index (χ1v) is 6.90. The minimum Gasteiger partial charge on any atom is -0.332 e. The van der Waals surface area contributed by atoms with Crippen LogP contribution in [0.4, 0.5) is 10.1 Å². The number of rotatable bonds is 4. The molecule has 0 fully saturated rings. The number of nitrogens with zero attached hydrogens (tertiary/aromatic N) is 1. The molecule has 0 aliphatic rings. The molecule has 4 nitrogen and oxygen atoms in total. The van der Waals surface area contributed by atoms with Gasteiger partial charge in [-0.2, -0.15) is 0 Å². The van der Waals surface area contributed by atoms with Crippen molar-refractivity contribution in [2.75, 3.05) is 18.9 Å². The number of anilines is 1. The van der Waals surface area contributed by atoms with E-state index in [1.165, 1.54) is 36.2 Å². The molecular weight excluding hydrogens is 307 g/mol. The zero-order valence-corrected chi connectivity index (χ0v) is 12.6. The van der Waals surface area contributed by atoms with Crippen LogP contribution in [0.3, 0.4) is 0 Å². The Morgan fingerprint density at radius 1 is 1.14 bits per heavy atom. The Morgan fingerprint density at radius 2 is 1.77 bits per heavy atom. The summed E-state index contributed by atoms with van der Waals surface area (Å²) in [6.07, 6.45) is 0. The molecule has 0 unspecified atom stereocenters. The highest BCUT2D eigenvalue weighted by molar-refractivity contribution is 6.33. The summed E-state index contributed by atoms with van der Waals surface area (Å²) in [5, 5.41) is 2.92. The molecule has 0 saturated carbocycles. The standard InChI is InChI=1S/C16H14ClFN2O2/c1-20(16(22)13-4-2-3-5-14(13)17)10-15(21)19-12-8-6-11(18)7-9-12/h2-9H,10H2,1H3,(H,19,21).